The highest BCUT2D eigenvalue weighted by atomic mass is 15.2. The van der Waals surface area contributed by atoms with Gasteiger partial charge in [0, 0.05) is 35.8 Å². The van der Waals surface area contributed by atoms with Gasteiger partial charge in [-0.2, -0.15) is 5.10 Å². The summed E-state index contributed by atoms with van der Waals surface area (Å²) in [5, 5.41) is 8.11. The van der Waals surface area contributed by atoms with Crippen molar-refractivity contribution in [1.29, 1.82) is 0 Å². The van der Waals surface area contributed by atoms with E-state index in [1.165, 1.54) is 18.5 Å². The van der Waals surface area contributed by atoms with Gasteiger partial charge in [-0.1, -0.05) is 6.07 Å². The van der Waals surface area contributed by atoms with Gasteiger partial charge in [-0.25, -0.2) is 4.98 Å². The first-order valence-corrected chi connectivity index (χ1v) is 8.23. The minimum atomic E-state index is 0.487. The topological polar surface area (TPSA) is 57.7 Å². The molecular formula is C18H21N5. The number of aromatic amines is 1. The van der Waals surface area contributed by atoms with Crippen molar-refractivity contribution >= 4 is 11.0 Å². The molecule has 0 aromatic carbocycles. The zero-order chi connectivity index (χ0) is 15.6. The number of nitrogens with one attached hydrogen (secondary N) is 1. The fourth-order valence-electron chi connectivity index (χ4n) is 3.43. The number of aryl methyl sites for hydroxylation is 1. The van der Waals surface area contributed by atoms with Gasteiger partial charge in [-0.15, -0.1) is 0 Å². The van der Waals surface area contributed by atoms with Crippen LogP contribution in [0.3, 0.4) is 0 Å². The Morgan fingerprint density at radius 3 is 3.09 bits per heavy atom. The van der Waals surface area contributed by atoms with Crippen LogP contribution >= 0.6 is 0 Å². The normalized spacial score (nSPS) is 19.3. The van der Waals surface area contributed by atoms with Crippen LogP contribution in [0.4, 0.5) is 0 Å². The predicted octanol–water partition coefficient (Wildman–Crippen LogP) is 3.04. The standard InChI is InChI=1S/C18H21N5/c1-13-4-2-6-16(20-13)12-23-9-3-5-15(11-23)17-8-7-14-10-19-22-18(14)21-17/h2,4,6-8,10,15H,3,5,9,11-12H2,1H3,(H,19,21,22)/t15-/m1/s1. The third-order valence-electron chi connectivity index (χ3n) is 4.58. The molecule has 5 nitrogen and oxygen atoms in total. The Morgan fingerprint density at radius 1 is 1.22 bits per heavy atom. The number of pyridine rings is 2. The van der Waals surface area contributed by atoms with Crippen LogP contribution in [-0.2, 0) is 6.54 Å². The molecule has 1 atom stereocenters. The van der Waals surface area contributed by atoms with Crippen LogP contribution in [0, 0.1) is 6.92 Å². The number of likely N-dealkylation sites (tertiary alicyclic amines) is 1. The highest BCUT2D eigenvalue weighted by Crippen LogP contribution is 2.27. The average Bonchev–Trinajstić information content (AvgIpc) is 3.03. The van der Waals surface area contributed by atoms with Crippen LogP contribution in [0.1, 0.15) is 35.8 Å². The largest absolute Gasteiger partial charge is 0.297 e. The summed E-state index contributed by atoms with van der Waals surface area (Å²) >= 11 is 0. The molecule has 1 saturated heterocycles. The lowest BCUT2D eigenvalue weighted by Gasteiger charge is -2.32. The van der Waals surface area contributed by atoms with Gasteiger partial charge in [-0.3, -0.25) is 15.0 Å². The minimum Gasteiger partial charge on any atom is -0.297 e. The van der Waals surface area contributed by atoms with Crippen LogP contribution in [0.2, 0.25) is 0 Å². The second-order valence-corrected chi connectivity index (χ2v) is 6.39. The van der Waals surface area contributed by atoms with Crippen LogP contribution in [0.25, 0.3) is 11.0 Å². The second kappa shape index (κ2) is 6.08. The van der Waals surface area contributed by atoms with Gasteiger partial charge in [0.2, 0.25) is 0 Å². The van der Waals surface area contributed by atoms with Crippen molar-refractivity contribution in [3.05, 3.63) is 53.6 Å². The van der Waals surface area contributed by atoms with Crippen LogP contribution in [0.15, 0.2) is 36.5 Å². The summed E-state index contributed by atoms with van der Waals surface area (Å²) in [5.74, 6) is 0.487. The van der Waals surface area contributed by atoms with E-state index in [1.807, 2.05) is 19.2 Å². The van der Waals surface area contributed by atoms with Crippen molar-refractivity contribution in [2.45, 2.75) is 32.2 Å². The molecule has 5 heteroatoms. The van der Waals surface area contributed by atoms with Gasteiger partial charge in [0.15, 0.2) is 5.65 Å². The lowest BCUT2D eigenvalue weighted by Crippen LogP contribution is -2.34. The smallest absolute Gasteiger partial charge is 0.155 e. The number of hydrogen-bond acceptors (Lipinski definition) is 4. The molecule has 3 aromatic heterocycles. The Kier molecular flexibility index (Phi) is 3.79. The maximum atomic E-state index is 4.75. The fourth-order valence-corrected chi connectivity index (χ4v) is 3.43. The third kappa shape index (κ3) is 3.10. The van der Waals surface area contributed by atoms with E-state index in [0.717, 1.165) is 42.1 Å². The average molecular weight is 307 g/mol. The molecular weight excluding hydrogens is 286 g/mol. The van der Waals surface area contributed by atoms with E-state index in [-0.39, 0.29) is 0 Å². The molecule has 0 amide bonds. The monoisotopic (exact) mass is 307 g/mol. The minimum absolute atomic E-state index is 0.487. The summed E-state index contributed by atoms with van der Waals surface area (Å²) in [4.78, 5) is 11.9. The molecule has 4 heterocycles. The first-order valence-electron chi connectivity index (χ1n) is 8.23. The molecule has 3 aromatic rings. The van der Waals surface area contributed by atoms with Crippen molar-refractivity contribution in [1.82, 2.24) is 25.1 Å². The number of hydrogen-bond donors (Lipinski definition) is 1. The Bertz CT molecular complexity index is 810. The van der Waals surface area contributed by atoms with E-state index in [9.17, 15) is 0 Å². The van der Waals surface area contributed by atoms with E-state index in [2.05, 4.69) is 44.3 Å². The lowest BCUT2D eigenvalue weighted by atomic mass is 9.94. The zero-order valence-electron chi connectivity index (χ0n) is 13.4. The van der Waals surface area contributed by atoms with E-state index in [4.69, 9.17) is 4.98 Å². The number of aromatic nitrogens is 4. The zero-order valence-corrected chi connectivity index (χ0v) is 13.4. The van der Waals surface area contributed by atoms with Crippen molar-refractivity contribution in [2.24, 2.45) is 0 Å². The molecule has 0 bridgehead atoms. The first-order chi connectivity index (χ1) is 11.3. The molecule has 118 valence electrons. The number of fused-ring (bicyclic) bond motifs is 1. The van der Waals surface area contributed by atoms with Gasteiger partial charge in [0.25, 0.3) is 0 Å². The molecule has 4 rings (SSSR count). The SMILES string of the molecule is Cc1cccc(CN2CCC[C@@H](c3ccc4cn[nH]c4n3)C2)n1. The van der Waals surface area contributed by atoms with Crippen LogP contribution in [0.5, 0.6) is 0 Å². The summed E-state index contributed by atoms with van der Waals surface area (Å²) < 4.78 is 0. The Labute approximate surface area is 135 Å². The fraction of sp³-hybridized carbons (Fsp3) is 0.389. The molecule has 0 aliphatic carbocycles. The Balaban J connectivity index is 1.50. The van der Waals surface area contributed by atoms with Crippen molar-refractivity contribution in [3.63, 3.8) is 0 Å². The van der Waals surface area contributed by atoms with Gasteiger partial charge in [0.1, 0.15) is 0 Å². The van der Waals surface area contributed by atoms with Crippen LogP contribution in [-0.4, -0.2) is 38.2 Å². The molecule has 0 unspecified atom stereocenters. The maximum absolute atomic E-state index is 4.75. The molecule has 23 heavy (non-hydrogen) atoms. The van der Waals surface area contributed by atoms with E-state index < -0.39 is 0 Å². The summed E-state index contributed by atoms with van der Waals surface area (Å²) in [5.41, 5.74) is 4.30. The third-order valence-corrected chi connectivity index (χ3v) is 4.58. The predicted molar refractivity (Wildman–Crippen MR) is 90.1 cm³/mol. The molecule has 0 spiro atoms. The molecule has 0 saturated carbocycles. The number of nitrogens with zero attached hydrogens (tertiary/aromatic N) is 4. The molecule has 1 N–H and O–H groups in total. The lowest BCUT2D eigenvalue weighted by molar-refractivity contribution is 0.196. The molecule has 1 fully saturated rings. The summed E-state index contributed by atoms with van der Waals surface area (Å²) in [7, 11) is 0. The van der Waals surface area contributed by atoms with E-state index in [1.54, 1.807) is 0 Å². The molecule has 1 aliphatic heterocycles. The highest BCUT2D eigenvalue weighted by molar-refractivity contribution is 5.73. The number of H-pyrrole nitrogens is 1. The Hall–Kier alpha value is -2.27. The second-order valence-electron chi connectivity index (χ2n) is 6.39. The maximum Gasteiger partial charge on any atom is 0.155 e. The Morgan fingerprint density at radius 2 is 2.17 bits per heavy atom. The number of piperidine rings is 1. The quantitative estimate of drug-likeness (QED) is 0.808. The summed E-state index contributed by atoms with van der Waals surface area (Å²) in [6.45, 7) is 5.15. The van der Waals surface area contributed by atoms with Gasteiger partial charge >= 0.3 is 0 Å². The van der Waals surface area contributed by atoms with Gasteiger partial charge < -0.3 is 0 Å². The van der Waals surface area contributed by atoms with Gasteiger partial charge in [0.05, 0.1) is 11.9 Å². The molecule has 1 aliphatic rings. The van der Waals surface area contributed by atoms with E-state index >= 15 is 0 Å². The van der Waals surface area contributed by atoms with Crippen molar-refractivity contribution < 1.29 is 0 Å². The molecule has 0 radical (unpaired) electrons. The summed E-state index contributed by atoms with van der Waals surface area (Å²) in [6, 6.07) is 10.5. The van der Waals surface area contributed by atoms with Crippen LogP contribution < -0.4 is 0 Å². The number of rotatable bonds is 3. The highest BCUT2D eigenvalue weighted by Gasteiger charge is 2.23. The van der Waals surface area contributed by atoms with Crippen molar-refractivity contribution in [2.75, 3.05) is 13.1 Å². The van der Waals surface area contributed by atoms with Crippen molar-refractivity contribution in [3.8, 4) is 0 Å². The van der Waals surface area contributed by atoms with E-state index in [0.29, 0.717) is 5.92 Å². The van der Waals surface area contributed by atoms with Gasteiger partial charge in [-0.05, 0) is 50.6 Å². The summed E-state index contributed by atoms with van der Waals surface area (Å²) in [6.07, 6.45) is 4.23. The first kappa shape index (κ1) is 14.3.